The third-order valence-corrected chi connectivity index (χ3v) is 5.80. The first-order chi connectivity index (χ1) is 15.5. The Morgan fingerprint density at radius 3 is 2.03 bits per heavy atom. The quantitative estimate of drug-likeness (QED) is 0.496. The zero-order valence-electron chi connectivity index (χ0n) is 22.0. The van der Waals surface area contributed by atoms with Crippen LogP contribution in [0.2, 0.25) is 0 Å². The van der Waals surface area contributed by atoms with Gasteiger partial charge >= 0.3 is 6.09 Å². The first-order valence-corrected chi connectivity index (χ1v) is 12.5. The van der Waals surface area contributed by atoms with Crippen LogP contribution in [0.15, 0.2) is 18.2 Å². The highest BCUT2D eigenvalue weighted by atomic mass is 32.1. The van der Waals surface area contributed by atoms with Crippen LogP contribution in [-0.2, 0) is 14.3 Å². The van der Waals surface area contributed by atoms with Gasteiger partial charge in [-0.05, 0) is 73.3 Å². The van der Waals surface area contributed by atoms with E-state index >= 15 is 0 Å². The number of thiol groups is 1. The van der Waals surface area contributed by atoms with E-state index < -0.39 is 29.3 Å². The Hall–Kier alpha value is -2.22. The fraction of sp³-hybridized carbons (Fsp3) is 0.654. The minimum absolute atomic E-state index is 0.0795. The Labute approximate surface area is 209 Å². The van der Waals surface area contributed by atoms with Crippen molar-refractivity contribution in [3.8, 4) is 0 Å². The summed E-state index contributed by atoms with van der Waals surface area (Å²) in [6, 6.07) is 4.07. The maximum atomic E-state index is 13.9. The fourth-order valence-electron chi connectivity index (χ4n) is 4.03. The zero-order chi connectivity index (χ0) is 26.0. The van der Waals surface area contributed by atoms with Gasteiger partial charge in [0.1, 0.15) is 17.7 Å². The lowest BCUT2D eigenvalue weighted by atomic mass is 9.97. The second-order valence-corrected chi connectivity index (χ2v) is 11.8. The molecule has 190 valence electrons. The van der Waals surface area contributed by atoms with Crippen molar-refractivity contribution in [3.05, 3.63) is 34.9 Å². The number of nitrogens with one attached hydrogen (secondary N) is 2. The molecule has 0 aromatic heterocycles. The Morgan fingerprint density at radius 2 is 1.62 bits per heavy atom. The van der Waals surface area contributed by atoms with Crippen LogP contribution in [0.25, 0.3) is 0 Å². The van der Waals surface area contributed by atoms with Gasteiger partial charge in [0.05, 0.1) is 0 Å². The zero-order valence-corrected chi connectivity index (χ0v) is 22.9. The minimum Gasteiger partial charge on any atom is -0.444 e. The fourth-order valence-corrected chi connectivity index (χ4v) is 4.28. The van der Waals surface area contributed by atoms with E-state index in [4.69, 9.17) is 4.74 Å². The van der Waals surface area contributed by atoms with Crippen molar-refractivity contribution in [2.45, 2.75) is 98.0 Å². The van der Waals surface area contributed by atoms with Crippen LogP contribution < -0.4 is 10.6 Å². The molecular weight excluding hydrogens is 450 g/mol. The van der Waals surface area contributed by atoms with E-state index in [1.807, 2.05) is 52.8 Å². The lowest BCUT2D eigenvalue weighted by Gasteiger charge is -2.36. The van der Waals surface area contributed by atoms with Crippen LogP contribution >= 0.6 is 12.6 Å². The number of amides is 3. The highest BCUT2D eigenvalue weighted by molar-refractivity contribution is 7.80. The Morgan fingerprint density at radius 1 is 1.09 bits per heavy atom. The van der Waals surface area contributed by atoms with Gasteiger partial charge in [0.2, 0.25) is 11.8 Å². The minimum atomic E-state index is -0.929. The molecule has 1 aromatic carbocycles. The molecule has 34 heavy (non-hydrogen) atoms. The summed E-state index contributed by atoms with van der Waals surface area (Å²) >= 11 is 4.34. The van der Waals surface area contributed by atoms with Crippen LogP contribution in [0.4, 0.5) is 4.79 Å². The summed E-state index contributed by atoms with van der Waals surface area (Å²) in [5, 5.41) is 5.71. The molecule has 0 saturated heterocycles. The molecule has 2 rings (SSSR count). The standard InChI is InChI=1S/C26H41N3O4S/c1-15-10-16(2)12-18(11-15)21(22(30)28-25(4,5)6)29(20-13-17(20)3)23(31)19(14-34)27-24(32)33-26(7,8)9/h10-12,17,19-21,34H,13-14H2,1-9H3,(H,27,32)(H,28,30). The number of benzene rings is 1. The maximum Gasteiger partial charge on any atom is 0.408 e. The van der Waals surface area contributed by atoms with Crippen molar-refractivity contribution in [2.24, 2.45) is 5.92 Å². The number of rotatable bonds is 7. The molecule has 0 bridgehead atoms. The highest BCUT2D eigenvalue weighted by Gasteiger charge is 2.48. The molecule has 4 unspecified atom stereocenters. The normalized spacial score (nSPS) is 19.6. The number of hydrogen-bond acceptors (Lipinski definition) is 5. The number of nitrogens with zero attached hydrogens (tertiary/aromatic N) is 1. The summed E-state index contributed by atoms with van der Waals surface area (Å²) in [7, 11) is 0. The van der Waals surface area contributed by atoms with Crippen molar-refractivity contribution in [1.82, 2.24) is 15.5 Å². The third kappa shape index (κ3) is 7.93. The van der Waals surface area contributed by atoms with Crippen LogP contribution in [0.5, 0.6) is 0 Å². The average Bonchev–Trinajstić information content (AvgIpc) is 3.35. The largest absolute Gasteiger partial charge is 0.444 e. The molecule has 7 nitrogen and oxygen atoms in total. The molecule has 2 N–H and O–H groups in total. The van der Waals surface area contributed by atoms with Crippen LogP contribution in [0.3, 0.4) is 0 Å². The maximum absolute atomic E-state index is 13.9. The third-order valence-electron chi connectivity index (χ3n) is 5.43. The summed E-state index contributed by atoms with van der Waals surface area (Å²) in [4.78, 5) is 41.6. The first-order valence-electron chi connectivity index (χ1n) is 11.8. The SMILES string of the molecule is Cc1cc(C)cc(C(C(=O)NC(C)(C)C)N(C(=O)C(CS)NC(=O)OC(C)(C)C)C2CC2C)c1. The summed E-state index contributed by atoms with van der Waals surface area (Å²) in [5.74, 6) is -0.263. The average molecular weight is 492 g/mol. The number of carbonyl (C=O) groups excluding carboxylic acids is 3. The van der Waals surface area contributed by atoms with Crippen molar-refractivity contribution in [3.63, 3.8) is 0 Å². The van der Waals surface area contributed by atoms with E-state index in [1.54, 1.807) is 25.7 Å². The molecule has 8 heteroatoms. The number of hydrogen-bond donors (Lipinski definition) is 3. The van der Waals surface area contributed by atoms with Gasteiger partial charge in [-0.1, -0.05) is 36.2 Å². The van der Waals surface area contributed by atoms with Gasteiger partial charge in [-0.3, -0.25) is 9.59 Å². The van der Waals surface area contributed by atoms with Gasteiger partial charge in [0.15, 0.2) is 0 Å². The summed E-state index contributed by atoms with van der Waals surface area (Å²) in [6.07, 6.45) is 0.104. The summed E-state index contributed by atoms with van der Waals surface area (Å²) < 4.78 is 5.35. The van der Waals surface area contributed by atoms with Gasteiger partial charge in [0.25, 0.3) is 0 Å². The lowest BCUT2D eigenvalue weighted by molar-refractivity contribution is -0.143. The van der Waals surface area contributed by atoms with E-state index in [2.05, 4.69) is 30.2 Å². The van der Waals surface area contributed by atoms with Gasteiger partial charge in [-0.2, -0.15) is 12.6 Å². The molecule has 1 aliphatic rings. The Bertz CT molecular complexity index is 899. The molecule has 0 aliphatic heterocycles. The highest BCUT2D eigenvalue weighted by Crippen LogP contribution is 2.41. The van der Waals surface area contributed by atoms with E-state index in [9.17, 15) is 14.4 Å². The van der Waals surface area contributed by atoms with E-state index in [1.165, 1.54) is 0 Å². The lowest BCUT2D eigenvalue weighted by Crippen LogP contribution is -2.56. The molecule has 1 fully saturated rings. The van der Waals surface area contributed by atoms with E-state index in [0.29, 0.717) is 0 Å². The van der Waals surface area contributed by atoms with Gasteiger partial charge < -0.3 is 20.3 Å². The first kappa shape index (κ1) is 28.0. The number of ether oxygens (including phenoxy) is 1. The molecule has 3 amide bonds. The van der Waals surface area contributed by atoms with Crippen LogP contribution in [-0.4, -0.2) is 51.8 Å². The van der Waals surface area contributed by atoms with Crippen molar-refractivity contribution in [1.29, 1.82) is 0 Å². The van der Waals surface area contributed by atoms with E-state index in [0.717, 1.165) is 23.1 Å². The molecule has 4 atom stereocenters. The predicted octanol–water partition coefficient (Wildman–Crippen LogP) is 4.32. The van der Waals surface area contributed by atoms with Crippen molar-refractivity contribution < 1.29 is 19.1 Å². The number of alkyl carbamates (subject to hydrolysis) is 1. The topological polar surface area (TPSA) is 87.7 Å². The molecule has 0 heterocycles. The summed E-state index contributed by atoms with van der Waals surface area (Å²) in [5.41, 5.74) is 1.60. The van der Waals surface area contributed by atoms with Crippen molar-refractivity contribution >= 4 is 30.5 Å². The molecule has 1 aliphatic carbocycles. The second-order valence-electron chi connectivity index (χ2n) is 11.5. The number of aryl methyl sites for hydroxylation is 2. The number of carbonyl (C=O) groups is 3. The molecule has 1 saturated carbocycles. The molecule has 0 spiro atoms. The van der Waals surface area contributed by atoms with Gasteiger partial charge in [0, 0.05) is 17.3 Å². The molecular formula is C26H41N3O4S. The monoisotopic (exact) mass is 491 g/mol. The predicted molar refractivity (Wildman–Crippen MR) is 138 cm³/mol. The Kier molecular flexibility index (Phi) is 8.72. The van der Waals surface area contributed by atoms with E-state index in [-0.39, 0.29) is 29.5 Å². The summed E-state index contributed by atoms with van der Waals surface area (Å²) in [6.45, 7) is 17.0. The second kappa shape index (κ2) is 10.6. The smallest absolute Gasteiger partial charge is 0.408 e. The molecule has 1 aromatic rings. The molecule has 0 radical (unpaired) electrons. The van der Waals surface area contributed by atoms with Gasteiger partial charge in [-0.15, -0.1) is 0 Å². The van der Waals surface area contributed by atoms with Crippen LogP contribution in [0.1, 0.15) is 77.6 Å². The Balaban J connectivity index is 2.49. The van der Waals surface area contributed by atoms with Crippen molar-refractivity contribution in [2.75, 3.05) is 5.75 Å². The van der Waals surface area contributed by atoms with Crippen LogP contribution in [0, 0.1) is 19.8 Å². The van der Waals surface area contributed by atoms with Gasteiger partial charge in [-0.25, -0.2) is 4.79 Å².